The Bertz CT molecular complexity index is 379. The van der Waals surface area contributed by atoms with Gasteiger partial charge in [-0.15, -0.1) is 0 Å². The lowest BCUT2D eigenvalue weighted by Crippen LogP contribution is -2.44. The van der Waals surface area contributed by atoms with Gasteiger partial charge in [0.2, 0.25) is 5.91 Å². The second-order valence-corrected chi connectivity index (χ2v) is 4.57. The maximum atomic E-state index is 12.2. The van der Waals surface area contributed by atoms with Crippen LogP contribution in [0.15, 0.2) is 12.4 Å². The van der Waals surface area contributed by atoms with Gasteiger partial charge in [0.15, 0.2) is 0 Å². The molecule has 6 nitrogen and oxygen atoms in total. The van der Waals surface area contributed by atoms with Gasteiger partial charge < -0.3 is 15.4 Å². The summed E-state index contributed by atoms with van der Waals surface area (Å²) < 4.78 is 5.37. The highest BCUT2D eigenvalue weighted by atomic mass is 16.5. The zero-order valence-electron chi connectivity index (χ0n) is 10.8. The van der Waals surface area contributed by atoms with Gasteiger partial charge in [0.25, 0.3) is 0 Å². The molecule has 3 unspecified atom stereocenters. The van der Waals surface area contributed by atoms with Gasteiger partial charge >= 0.3 is 0 Å². The molecule has 1 fully saturated rings. The average molecular weight is 252 g/mol. The number of carbonyl (C=O) groups is 1. The van der Waals surface area contributed by atoms with Crippen LogP contribution in [0.25, 0.3) is 0 Å². The van der Waals surface area contributed by atoms with Crippen molar-refractivity contribution in [3.8, 4) is 0 Å². The Morgan fingerprint density at radius 2 is 2.50 bits per heavy atom. The molecule has 0 saturated carbocycles. The number of aromatic nitrogens is 2. The molecular formula is C12H20N4O2. The predicted octanol–water partition coefficient (Wildman–Crippen LogP) is 0.211. The van der Waals surface area contributed by atoms with E-state index in [0.29, 0.717) is 13.2 Å². The molecule has 0 radical (unpaired) electrons. The number of carbonyl (C=O) groups excluding carboxylic acids is 1. The Hall–Kier alpha value is -1.40. The Morgan fingerprint density at radius 3 is 3.17 bits per heavy atom. The first-order chi connectivity index (χ1) is 8.72. The molecule has 0 aromatic carbocycles. The molecule has 3 atom stereocenters. The number of ether oxygens (including phenoxy) is 1. The topological polar surface area (TPSA) is 79.0 Å². The van der Waals surface area contributed by atoms with E-state index in [1.54, 1.807) is 12.4 Å². The van der Waals surface area contributed by atoms with Crippen LogP contribution < -0.4 is 10.6 Å². The fourth-order valence-corrected chi connectivity index (χ4v) is 2.18. The SMILES string of the molecule is CCNC1COCC1C(=O)NC(C)c1cn[nH]c1. The molecule has 0 bridgehead atoms. The molecule has 0 spiro atoms. The Labute approximate surface area is 106 Å². The first-order valence-electron chi connectivity index (χ1n) is 6.32. The molecule has 2 heterocycles. The molecule has 6 heteroatoms. The number of rotatable bonds is 5. The lowest BCUT2D eigenvalue weighted by Gasteiger charge is -2.20. The predicted molar refractivity (Wildman–Crippen MR) is 66.9 cm³/mol. The molecule has 1 aromatic heterocycles. The van der Waals surface area contributed by atoms with Crippen LogP contribution in [-0.2, 0) is 9.53 Å². The highest BCUT2D eigenvalue weighted by Crippen LogP contribution is 2.16. The fraction of sp³-hybridized carbons (Fsp3) is 0.667. The van der Waals surface area contributed by atoms with E-state index in [2.05, 4.69) is 20.8 Å². The molecule has 1 aromatic rings. The van der Waals surface area contributed by atoms with Crippen LogP contribution in [0, 0.1) is 5.92 Å². The number of H-pyrrole nitrogens is 1. The number of nitrogens with one attached hydrogen (secondary N) is 3. The van der Waals surface area contributed by atoms with Gasteiger partial charge in [0.1, 0.15) is 0 Å². The molecular weight excluding hydrogens is 232 g/mol. The first kappa shape index (κ1) is 13.0. The Morgan fingerprint density at radius 1 is 1.67 bits per heavy atom. The summed E-state index contributed by atoms with van der Waals surface area (Å²) in [5, 5.41) is 12.9. The summed E-state index contributed by atoms with van der Waals surface area (Å²) in [6.45, 7) is 5.91. The third-order valence-corrected chi connectivity index (χ3v) is 3.26. The monoisotopic (exact) mass is 252 g/mol. The van der Waals surface area contributed by atoms with Crippen molar-refractivity contribution in [3.63, 3.8) is 0 Å². The third kappa shape index (κ3) is 2.88. The van der Waals surface area contributed by atoms with Crippen LogP contribution in [0.3, 0.4) is 0 Å². The van der Waals surface area contributed by atoms with Crippen molar-refractivity contribution in [2.24, 2.45) is 5.92 Å². The van der Waals surface area contributed by atoms with E-state index in [9.17, 15) is 4.79 Å². The van der Waals surface area contributed by atoms with Crippen molar-refractivity contribution in [1.82, 2.24) is 20.8 Å². The average Bonchev–Trinajstić information content (AvgIpc) is 3.00. The molecule has 0 aliphatic carbocycles. The van der Waals surface area contributed by atoms with Crippen molar-refractivity contribution in [1.29, 1.82) is 0 Å². The molecule has 1 aliphatic rings. The largest absolute Gasteiger partial charge is 0.379 e. The number of amides is 1. The van der Waals surface area contributed by atoms with Gasteiger partial charge in [-0.05, 0) is 13.5 Å². The van der Waals surface area contributed by atoms with Crippen molar-refractivity contribution in [3.05, 3.63) is 18.0 Å². The van der Waals surface area contributed by atoms with Gasteiger partial charge in [-0.3, -0.25) is 9.89 Å². The molecule has 1 saturated heterocycles. The normalized spacial score (nSPS) is 25.0. The van der Waals surface area contributed by atoms with Gasteiger partial charge in [-0.1, -0.05) is 6.92 Å². The number of likely N-dealkylation sites (N-methyl/N-ethyl adjacent to an activating group) is 1. The van der Waals surface area contributed by atoms with Crippen molar-refractivity contribution in [2.45, 2.75) is 25.9 Å². The molecule has 100 valence electrons. The third-order valence-electron chi connectivity index (χ3n) is 3.26. The maximum absolute atomic E-state index is 12.2. The van der Waals surface area contributed by atoms with Crippen LogP contribution in [0.2, 0.25) is 0 Å². The highest BCUT2D eigenvalue weighted by Gasteiger charge is 2.33. The number of aromatic amines is 1. The van der Waals surface area contributed by atoms with Crippen LogP contribution in [0.1, 0.15) is 25.5 Å². The molecule has 18 heavy (non-hydrogen) atoms. The van der Waals surface area contributed by atoms with Gasteiger partial charge in [-0.25, -0.2) is 0 Å². The van der Waals surface area contributed by atoms with E-state index in [1.165, 1.54) is 0 Å². The summed E-state index contributed by atoms with van der Waals surface area (Å²) in [7, 11) is 0. The zero-order chi connectivity index (χ0) is 13.0. The minimum atomic E-state index is -0.112. The van der Waals surface area contributed by atoms with Crippen LogP contribution >= 0.6 is 0 Å². The minimum Gasteiger partial charge on any atom is -0.379 e. The first-order valence-corrected chi connectivity index (χ1v) is 6.32. The molecule has 2 rings (SSSR count). The Kier molecular flexibility index (Phi) is 4.33. The minimum absolute atomic E-state index is 0.0344. The summed E-state index contributed by atoms with van der Waals surface area (Å²) in [5.41, 5.74) is 0.974. The molecule has 1 aliphatic heterocycles. The lowest BCUT2D eigenvalue weighted by molar-refractivity contribution is -0.126. The summed E-state index contributed by atoms with van der Waals surface area (Å²) in [4.78, 5) is 12.2. The van der Waals surface area contributed by atoms with E-state index in [0.717, 1.165) is 12.1 Å². The van der Waals surface area contributed by atoms with E-state index >= 15 is 0 Å². The van der Waals surface area contributed by atoms with E-state index in [1.807, 2.05) is 13.8 Å². The van der Waals surface area contributed by atoms with Gasteiger partial charge in [-0.2, -0.15) is 5.10 Å². The Balaban J connectivity index is 1.91. The molecule has 1 amide bonds. The second kappa shape index (κ2) is 5.97. The second-order valence-electron chi connectivity index (χ2n) is 4.57. The molecule has 3 N–H and O–H groups in total. The van der Waals surface area contributed by atoms with E-state index < -0.39 is 0 Å². The van der Waals surface area contributed by atoms with E-state index in [4.69, 9.17) is 4.74 Å². The van der Waals surface area contributed by atoms with Gasteiger partial charge in [0, 0.05) is 17.8 Å². The van der Waals surface area contributed by atoms with Crippen molar-refractivity contribution < 1.29 is 9.53 Å². The quantitative estimate of drug-likeness (QED) is 0.700. The number of hydrogen-bond acceptors (Lipinski definition) is 4. The van der Waals surface area contributed by atoms with Crippen LogP contribution in [0.5, 0.6) is 0 Å². The maximum Gasteiger partial charge on any atom is 0.227 e. The van der Waals surface area contributed by atoms with Crippen molar-refractivity contribution >= 4 is 5.91 Å². The van der Waals surface area contributed by atoms with Crippen molar-refractivity contribution in [2.75, 3.05) is 19.8 Å². The highest BCUT2D eigenvalue weighted by molar-refractivity contribution is 5.80. The van der Waals surface area contributed by atoms with Crippen LogP contribution in [-0.4, -0.2) is 41.9 Å². The summed E-state index contributed by atoms with van der Waals surface area (Å²) in [6, 6.07) is 0.0747. The number of nitrogens with zero attached hydrogens (tertiary/aromatic N) is 1. The zero-order valence-corrected chi connectivity index (χ0v) is 10.8. The van der Waals surface area contributed by atoms with Gasteiger partial charge in [0.05, 0.1) is 31.4 Å². The lowest BCUT2D eigenvalue weighted by atomic mass is 10.0. The van der Waals surface area contributed by atoms with Crippen LogP contribution in [0.4, 0.5) is 0 Å². The smallest absolute Gasteiger partial charge is 0.227 e. The summed E-state index contributed by atoms with van der Waals surface area (Å²) >= 11 is 0. The van der Waals surface area contributed by atoms with E-state index in [-0.39, 0.29) is 23.9 Å². The number of hydrogen-bond donors (Lipinski definition) is 3. The summed E-state index contributed by atoms with van der Waals surface area (Å²) in [6.07, 6.45) is 3.51. The fourth-order valence-electron chi connectivity index (χ4n) is 2.18. The summed E-state index contributed by atoms with van der Waals surface area (Å²) in [5.74, 6) is -0.0774. The standard InChI is InChI=1S/C12H20N4O2/c1-3-13-11-7-18-6-10(11)12(17)16-8(2)9-4-14-15-5-9/h4-5,8,10-11,13H,3,6-7H2,1-2H3,(H,14,15)(H,16,17).